The van der Waals surface area contributed by atoms with Crippen molar-refractivity contribution < 1.29 is 9.47 Å². The van der Waals surface area contributed by atoms with Crippen molar-refractivity contribution in [2.75, 3.05) is 26.4 Å². The summed E-state index contributed by atoms with van der Waals surface area (Å²) in [6, 6.07) is 0.519. The van der Waals surface area contributed by atoms with Gasteiger partial charge in [-0.1, -0.05) is 19.3 Å². The number of guanidine groups is 1. The normalized spacial score (nSPS) is 25.7. The van der Waals surface area contributed by atoms with Crippen molar-refractivity contribution in [2.45, 2.75) is 57.1 Å². The quantitative estimate of drug-likeness (QED) is 0.435. The number of nitrogens with two attached hydrogens (primary N) is 1. The molecule has 1 heterocycles. The van der Waals surface area contributed by atoms with E-state index in [0.29, 0.717) is 37.9 Å². The van der Waals surface area contributed by atoms with Crippen LogP contribution >= 0.6 is 0 Å². The molecule has 1 unspecified atom stereocenters. The van der Waals surface area contributed by atoms with Crippen LogP contribution in [0.15, 0.2) is 4.99 Å². The van der Waals surface area contributed by atoms with Gasteiger partial charge in [0.15, 0.2) is 5.96 Å². The first-order chi connectivity index (χ1) is 9.34. The molecular formula is C14H27N3O2. The molecule has 2 fully saturated rings. The van der Waals surface area contributed by atoms with Crippen molar-refractivity contribution in [1.82, 2.24) is 5.32 Å². The van der Waals surface area contributed by atoms with E-state index in [4.69, 9.17) is 15.2 Å². The maximum Gasteiger partial charge on any atom is 0.188 e. The van der Waals surface area contributed by atoms with E-state index in [2.05, 4.69) is 10.3 Å². The van der Waals surface area contributed by atoms with Gasteiger partial charge < -0.3 is 20.5 Å². The zero-order chi connectivity index (χ0) is 13.3. The molecule has 110 valence electrons. The molecule has 2 rings (SSSR count). The summed E-state index contributed by atoms with van der Waals surface area (Å²) in [4.78, 5) is 4.30. The Balaban J connectivity index is 1.51. The highest BCUT2D eigenvalue weighted by Crippen LogP contribution is 2.17. The van der Waals surface area contributed by atoms with E-state index in [-0.39, 0.29) is 0 Å². The summed E-state index contributed by atoms with van der Waals surface area (Å²) in [5.74, 6) is 0.563. The van der Waals surface area contributed by atoms with Crippen LogP contribution in [0.1, 0.15) is 44.9 Å². The second kappa shape index (κ2) is 8.38. The smallest absolute Gasteiger partial charge is 0.188 e. The van der Waals surface area contributed by atoms with Crippen molar-refractivity contribution in [1.29, 1.82) is 0 Å². The highest BCUT2D eigenvalue weighted by molar-refractivity contribution is 5.78. The monoisotopic (exact) mass is 269 g/mol. The molecule has 1 aliphatic heterocycles. The van der Waals surface area contributed by atoms with Crippen LogP contribution in [0.2, 0.25) is 0 Å². The largest absolute Gasteiger partial charge is 0.377 e. The fourth-order valence-electron chi connectivity index (χ4n) is 2.72. The van der Waals surface area contributed by atoms with E-state index in [1.165, 1.54) is 32.1 Å². The minimum absolute atomic E-state index is 0.293. The van der Waals surface area contributed by atoms with Crippen molar-refractivity contribution >= 4 is 5.96 Å². The Bertz CT molecular complexity index is 272. The van der Waals surface area contributed by atoms with Gasteiger partial charge in [0.2, 0.25) is 0 Å². The lowest BCUT2D eigenvalue weighted by Crippen LogP contribution is -2.41. The summed E-state index contributed by atoms with van der Waals surface area (Å²) in [5.41, 5.74) is 5.87. The molecular weight excluding hydrogens is 242 g/mol. The molecule has 5 nitrogen and oxygen atoms in total. The maximum atomic E-state index is 5.87. The summed E-state index contributed by atoms with van der Waals surface area (Å²) < 4.78 is 11.0. The number of hydrogen-bond acceptors (Lipinski definition) is 3. The van der Waals surface area contributed by atoms with Gasteiger partial charge in [-0.05, 0) is 25.7 Å². The van der Waals surface area contributed by atoms with E-state index >= 15 is 0 Å². The average Bonchev–Trinajstić information content (AvgIpc) is 2.92. The Labute approximate surface area is 115 Å². The van der Waals surface area contributed by atoms with Gasteiger partial charge >= 0.3 is 0 Å². The van der Waals surface area contributed by atoms with Gasteiger partial charge in [-0.3, -0.25) is 4.99 Å². The van der Waals surface area contributed by atoms with Crippen molar-refractivity contribution in [3.05, 3.63) is 0 Å². The van der Waals surface area contributed by atoms with E-state index in [9.17, 15) is 0 Å². The van der Waals surface area contributed by atoms with Crippen molar-refractivity contribution in [3.63, 3.8) is 0 Å². The van der Waals surface area contributed by atoms with Gasteiger partial charge in [0.1, 0.15) is 0 Å². The van der Waals surface area contributed by atoms with E-state index < -0.39 is 0 Å². The minimum atomic E-state index is 0.293. The minimum Gasteiger partial charge on any atom is -0.377 e. The third-order valence-corrected chi connectivity index (χ3v) is 3.80. The molecule has 19 heavy (non-hydrogen) atoms. The van der Waals surface area contributed by atoms with Crippen LogP contribution in [-0.4, -0.2) is 44.5 Å². The lowest BCUT2D eigenvalue weighted by atomic mass is 9.96. The second-order valence-corrected chi connectivity index (χ2v) is 5.46. The molecule has 3 N–H and O–H groups in total. The highest BCUT2D eigenvalue weighted by Gasteiger charge is 2.15. The topological polar surface area (TPSA) is 68.9 Å². The third-order valence-electron chi connectivity index (χ3n) is 3.80. The summed E-state index contributed by atoms with van der Waals surface area (Å²) >= 11 is 0. The van der Waals surface area contributed by atoms with Gasteiger partial charge in [0.25, 0.3) is 0 Å². The Morgan fingerprint density at radius 1 is 1.21 bits per heavy atom. The van der Waals surface area contributed by atoms with Crippen LogP contribution in [0.5, 0.6) is 0 Å². The Hall–Kier alpha value is -0.810. The maximum absolute atomic E-state index is 5.87. The zero-order valence-electron chi connectivity index (χ0n) is 11.8. The molecule has 0 aromatic heterocycles. The molecule has 2 aliphatic rings. The van der Waals surface area contributed by atoms with Crippen molar-refractivity contribution in [2.24, 2.45) is 10.7 Å². The molecule has 0 spiro atoms. The molecule has 5 heteroatoms. The molecule has 1 saturated carbocycles. The standard InChI is InChI=1S/C14H27N3O2/c15-14(17-12-5-2-1-3-6-12)16-8-10-18-11-13-7-4-9-19-13/h12-13H,1-11H2,(H3,15,16,17). The van der Waals surface area contributed by atoms with Crippen LogP contribution in [0.25, 0.3) is 0 Å². The van der Waals surface area contributed by atoms with Gasteiger partial charge in [-0.2, -0.15) is 0 Å². The summed E-state index contributed by atoms with van der Waals surface area (Å²) in [6.07, 6.45) is 8.95. The van der Waals surface area contributed by atoms with Gasteiger partial charge in [0.05, 0.1) is 25.9 Å². The Morgan fingerprint density at radius 2 is 2.05 bits per heavy atom. The van der Waals surface area contributed by atoms with Crippen LogP contribution in [0, 0.1) is 0 Å². The SMILES string of the molecule is NC(=NCCOCC1CCCO1)NC1CCCCC1. The molecule has 0 bridgehead atoms. The third kappa shape index (κ3) is 5.78. The van der Waals surface area contributed by atoms with Crippen molar-refractivity contribution in [3.8, 4) is 0 Å². The first kappa shape index (κ1) is 14.6. The molecule has 0 amide bonds. The molecule has 0 aromatic rings. The number of ether oxygens (including phenoxy) is 2. The highest BCUT2D eigenvalue weighted by atomic mass is 16.5. The summed E-state index contributed by atoms with van der Waals surface area (Å²) in [7, 11) is 0. The van der Waals surface area contributed by atoms with E-state index in [1.807, 2.05) is 0 Å². The van der Waals surface area contributed by atoms with Crippen LogP contribution < -0.4 is 11.1 Å². The fourth-order valence-corrected chi connectivity index (χ4v) is 2.72. The number of hydrogen-bond donors (Lipinski definition) is 2. The first-order valence-corrected chi connectivity index (χ1v) is 7.60. The molecule has 1 saturated heterocycles. The number of rotatable bonds is 6. The molecule has 0 radical (unpaired) electrons. The zero-order valence-corrected chi connectivity index (χ0v) is 11.8. The van der Waals surface area contributed by atoms with Gasteiger partial charge in [-0.15, -0.1) is 0 Å². The lowest BCUT2D eigenvalue weighted by molar-refractivity contribution is 0.0200. The Morgan fingerprint density at radius 3 is 2.79 bits per heavy atom. The predicted molar refractivity (Wildman–Crippen MR) is 76.3 cm³/mol. The fraction of sp³-hybridized carbons (Fsp3) is 0.929. The van der Waals surface area contributed by atoms with Gasteiger partial charge in [-0.25, -0.2) is 0 Å². The van der Waals surface area contributed by atoms with E-state index in [0.717, 1.165) is 19.4 Å². The van der Waals surface area contributed by atoms with Crippen LogP contribution in [0.4, 0.5) is 0 Å². The van der Waals surface area contributed by atoms with Gasteiger partial charge in [0, 0.05) is 12.6 Å². The lowest BCUT2D eigenvalue weighted by Gasteiger charge is -2.23. The van der Waals surface area contributed by atoms with Crippen LogP contribution in [-0.2, 0) is 9.47 Å². The predicted octanol–water partition coefficient (Wildman–Crippen LogP) is 1.42. The summed E-state index contributed by atoms with van der Waals surface area (Å²) in [5, 5.41) is 3.30. The number of nitrogens with one attached hydrogen (secondary N) is 1. The average molecular weight is 269 g/mol. The summed E-state index contributed by atoms with van der Waals surface area (Å²) in [6.45, 7) is 2.81. The first-order valence-electron chi connectivity index (χ1n) is 7.60. The molecule has 1 aliphatic carbocycles. The van der Waals surface area contributed by atoms with Crippen LogP contribution in [0.3, 0.4) is 0 Å². The Kier molecular flexibility index (Phi) is 6.44. The second-order valence-electron chi connectivity index (χ2n) is 5.46. The van der Waals surface area contributed by atoms with E-state index in [1.54, 1.807) is 0 Å². The molecule has 0 aromatic carbocycles. The number of aliphatic imine (C=N–C) groups is 1. The molecule has 1 atom stereocenters. The number of nitrogens with zero attached hydrogens (tertiary/aromatic N) is 1.